The van der Waals surface area contributed by atoms with Gasteiger partial charge in [0, 0.05) is 10.9 Å². The topological polar surface area (TPSA) is 83.1 Å². The molecule has 2 aliphatic rings. The van der Waals surface area contributed by atoms with E-state index in [2.05, 4.69) is 9.97 Å². The second kappa shape index (κ2) is 5.39. The Bertz CT molecular complexity index is 929. The molecular weight excluding hydrogens is 334 g/mol. The molecule has 3 heterocycles. The third kappa shape index (κ3) is 2.72. The van der Waals surface area contributed by atoms with Crippen molar-refractivity contribution in [3.05, 3.63) is 26.6 Å². The highest BCUT2D eigenvalue weighted by Crippen LogP contribution is 2.34. The van der Waals surface area contributed by atoms with E-state index in [-0.39, 0.29) is 23.1 Å². The van der Waals surface area contributed by atoms with Gasteiger partial charge in [0.1, 0.15) is 10.7 Å². The number of hydrogen-bond acceptors (Lipinski definition) is 6. The first-order valence-corrected chi connectivity index (χ1v) is 10.5. The zero-order valence-corrected chi connectivity index (χ0v) is 14.6. The Morgan fingerprint density at radius 3 is 2.96 bits per heavy atom. The zero-order chi connectivity index (χ0) is 16.2. The molecule has 1 fully saturated rings. The van der Waals surface area contributed by atoms with Gasteiger partial charge in [0.15, 0.2) is 9.84 Å². The minimum atomic E-state index is -2.91. The molecule has 2 aromatic rings. The van der Waals surface area contributed by atoms with Crippen molar-refractivity contribution in [3.8, 4) is 0 Å². The Morgan fingerprint density at radius 2 is 2.22 bits per heavy atom. The van der Waals surface area contributed by atoms with Crippen LogP contribution in [0.4, 0.5) is 0 Å². The number of H-pyrrole nitrogens is 1. The lowest BCUT2D eigenvalue weighted by Gasteiger charge is -2.22. The fraction of sp³-hybridized carbons (Fsp3) is 0.600. The van der Waals surface area contributed by atoms with E-state index in [0.29, 0.717) is 18.8 Å². The lowest BCUT2D eigenvalue weighted by Crippen LogP contribution is -2.33. The number of aryl methyl sites for hydroxylation is 2. The van der Waals surface area contributed by atoms with Crippen LogP contribution in [0.2, 0.25) is 0 Å². The second-order valence-corrected chi connectivity index (χ2v) is 9.83. The summed E-state index contributed by atoms with van der Waals surface area (Å²) >= 11 is 1.63. The van der Waals surface area contributed by atoms with E-state index in [4.69, 9.17) is 0 Å². The fourth-order valence-corrected chi connectivity index (χ4v) is 6.70. The number of aromatic amines is 1. The molecule has 1 aliphatic carbocycles. The Labute approximate surface area is 138 Å². The maximum atomic E-state index is 12.4. The Hall–Kier alpha value is -1.25. The van der Waals surface area contributed by atoms with Gasteiger partial charge in [-0.05, 0) is 38.3 Å². The maximum Gasteiger partial charge on any atom is 0.259 e. The number of rotatable bonds is 3. The quantitative estimate of drug-likeness (QED) is 0.893. The SMILES string of the molecule is CN(Cc1nc2sc3c(c2c(=O)[nH]1)CCC3)C1CCS(=O)(=O)C1. The second-order valence-electron chi connectivity index (χ2n) is 6.52. The van der Waals surface area contributed by atoms with Gasteiger partial charge in [-0.15, -0.1) is 11.3 Å². The van der Waals surface area contributed by atoms with Crippen LogP contribution in [0.15, 0.2) is 4.79 Å². The molecule has 1 unspecified atom stereocenters. The molecule has 8 heteroatoms. The molecule has 0 radical (unpaired) electrons. The van der Waals surface area contributed by atoms with E-state index in [0.717, 1.165) is 29.5 Å². The number of thiophene rings is 1. The summed E-state index contributed by atoms with van der Waals surface area (Å²) in [7, 11) is -1.01. The van der Waals surface area contributed by atoms with E-state index >= 15 is 0 Å². The molecule has 124 valence electrons. The summed E-state index contributed by atoms with van der Waals surface area (Å²) in [6.45, 7) is 0.466. The van der Waals surface area contributed by atoms with Gasteiger partial charge in [0.2, 0.25) is 0 Å². The first-order valence-electron chi connectivity index (χ1n) is 7.87. The molecule has 0 aromatic carbocycles. The summed E-state index contributed by atoms with van der Waals surface area (Å²) in [4.78, 5) is 24.0. The molecule has 2 aromatic heterocycles. The first-order chi connectivity index (χ1) is 10.9. The Morgan fingerprint density at radius 1 is 1.39 bits per heavy atom. The average Bonchev–Trinajstić information content (AvgIpc) is 3.11. The van der Waals surface area contributed by atoms with Gasteiger partial charge in [-0.1, -0.05) is 0 Å². The van der Waals surface area contributed by atoms with Gasteiger partial charge in [0.05, 0.1) is 23.4 Å². The molecule has 0 bridgehead atoms. The summed E-state index contributed by atoms with van der Waals surface area (Å²) in [5.74, 6) is 1.07. The molecule has 1 aliphatic heterocycles. The van der Waals surface area contributed by atoms with Crippen LogP contribution < -0.4 is 5.56 Å². The molecule has 4 rings (SSSR count). The molecule has 23 heavy (non-hydrogen) atoms. The van der Waals surface area contributed by atoms with Gasteiger partial charge in [-0.3, -0.25) is 9.69 Å². The van der Waals surface area contributed by atoms with Gasteiger partial charge < -0.3 is 4.98 Å². The van der Waals surface area contributed by atoms with Crippen molar-refractivity contribution in [3.63, 3.8) is 0 Å². The third-order valence-electron chi connectivity index (χ3n) is 4.86. The fourth-order valence-electron chi connectivity index (χ4n) is 3.61. The maximum absolute atomic E-state index is 12.4. The summed E-state index contributed by atoms with van der Waals surface area (Å²) in [5.41, 5.74) is 1.12. The standard InChI is InChI=1S/C15H19N3O3S2/c1-18(9-5-6-23(20,21)8-9)7-12-16-14(19)13-10-3-2-4-11(10)22-15(13)17-12/h9H,2-8H2,1H3,(H,16,17,19). The van der Waals surface area contributed by atoms with Crippen molar-refractivity contribution in [2.24, 2.45) is 0 Å². The summed E-state index contributed by atoms with van der Waals surface area (Å²) in [5, 5.41) is 0.761. The minimum absolute atomic E-state index is 0.00865. The highest BCUT2D eigenvalue weighted by atomic mass is 32.2. The molecule has 0 amide bonds. The van der Waals surface area contributed by atoms with Crippen LogP contribution in [0.25, 0.3) is 10.2 Å². The van der Waals surface area contributed by atoms with Crippen LogP contribution >= 0.6 is 11.3 Å². The lowest BCUT2D eigenvalue weighted by molar-refractivity contribution is 0.248. The largest absolute Gasteiger partial charge is 0.309 e. The van der Waals surface area contributed by atoms with Crippen molar-refractivity contribution in [2.75, 3.05) is 18.6 Å². The molecular formula is C15H19N3O3S2. The smallest absolute Gasteiger partial charge is 0.259 e. The van der Waals surface area contributed by atoms with Gasteiger partial charge >= 0.3 is 0 Å². The number of hydrogen-bond donors (Lipinski definition) is 1. The normalized spacial score (nSPS) is 23.0. The number of nitrogens with one attached hydrogen (secondary N) is 1. The van der Waals surface area contributed by atoms with Crippen LogP contribution in [-0.4, -0.2) is 47.9 Å². The number of nitrogens with zero attached hydrogens (tertiary/aromatic N) is 2. The van der Waals surface area contributed by atoms with E-state index < -0.39 is 9.84 Å². The van der Waals surface area contributed by atoms with Gasteiger partial charge in [0.25, 0.3) is 5.56 Å². The van der Waals surface area contributed by atoms with Crippen LogP contribution in [0.3, 0.4) is 0 Å². The van der Waals surface area contributed by atoms with Crippen LogP contribution in [0.1, 0.15) is 29.1 Å². The lowest BCUT2D eigenvalue weighted by atomic mass is 10.2. The first kappa shape index (κ1) is 15.3. The monoisotopic (exact) mass is 353 g/mol. The van der Waals surface area contributed by atoms with Crippen LogP contribution in [-0.2, 0) is 29.2 Å². The van der Waals surface area contributed by atoms with E-state index in [1.807, 2.05) is 11.9 Å². The predicted octanol–water partition coefficient (Wildman–Crippen LogP) is 1.09. The highest BCUT2D eigenvalue weighted by molar-refractivity contribution is 7.91. The van der Waals surface area contributed by atoms with Crippen LogP contribution in [0, 0.1) is 0 Å². The number of fused-ring (bicyclic) bond motifs is 3. The number of aromatic nitrogens is 2. The van der Waals surface area contributed by atoms with E-state index in [9.17, 15) is 13.2 Å². The summed E-state index contributed by atoms with van der Waals surface area (Å²) in [6, 6.07) is 0.00865. The van der Waals surface area contributed by atoms with Crippen molar-refractivity contribution in [2.45, 2.75) is 38.3 Å². The minimum Gasteiger partial charge on any atom is -0.309 e. The Kier molecular flexibility index (Phi) is 3.58. The zero-order valence-electron chi connectivity index (χ0n) is 13.0. The average molecular weight is 353 g/mol. The number of sulfone groups is 1. The van der Waals surface area contributed by atoms with E-state index in [1.165, 1.54) is 10.4 Å². The molecule has 1 atom stereocenters. The van der Waals surface area contributed by atoms with Gasteiger partial charge in [-0.2, -0.15) is 0 Å². The molecule has 0 saturated carbocycles. The summed E-state index contributed by atoms with van der Waals surface area (Å²) < 4.78 is 23.2. The van der Waals surface area contributed by atoms with Crippen molar-refractivity contribution >= 4 is 31.4 Å². The Balaban J connectivity index is 1.61. The van der Waals surface area contributed by atoms with E-state index in [1.54, 1.807) is 11.3 Å². The predicted molar refractivity (Wildman–Crippen MR) is 90.8 cm³/mol. The third-order valence-corrected chi connectivity index (χ3v) is 7.79. The van der Waals surface area contributed by atoms with Crippen molar-refractivity contribution in [1.82, 2.24) is 14.9 Å². The highest BCUT2D eigenvalue weighted by Gasteiger charge is 2.31. The molecule has 1 saturated heterocycles. The van der Waals surface area contributed by atoms with Crippen LogP contribution in [0.5, 0.6) is 0 Å². The summed E-state index contributed by atoms with van der Waals surface area (Å²) in [6.07, 6.45) is 3.79. The molecule has 1 N–H and O–H groups in total. The van der Waals surface area contributed by atoms with Gasteiger partial charge in [-0.25, -0.2) is 13.4 Å². The molecule has 6 nitrogen and oxygen atoms in total. The van der Waals surface area contributed by atoms with Crippen molar-refractivity contribution in [1.29, 1.82) is 0 Å². The van der Waals surface area contributed by atoms with Crippen molar-refractivity contribution < 1.29 is 8.42 Å². The molecule has 0 spiro atoms.